The predicted molar refractivity (Wildman–Crippen MR) is 73.7 cm³/mol. The summed E-state index contributed by atoms with van der Waals surface area (Å²) in [5, 5.41) is 13.0. The van der Waals surface area contributed by atoms with Gasteiger partial charge in [0.05, 0.1) is 5.56 Å². The van der Waals surface area contributed by atoms with Gasteiger partial charge in [-0.15, -0.1) is 0 Å². The minimum Gasteiger partial charge on any atom is -0.478 e. The number of fused-ring (bicyclic) bond motifs is 1. The smallest absolute Gasteiger partial charge is 0.335 e. The number of nitrogens with zero attached hydrogens (tertiary/aromatic N) is 4. The second kappa shape index (κ2) is 4.86. The molecule has 0 unspecified atom stereocenters. The van der Waals surface area contributed by atoms with Crippen LogP contribution in [0.2, 0.25) is 0 Å². The van der Waals surface area contributed by atoms with Crippen molar-refractivity contribution in [1.29, 1.82) is 0 Å². The lowest BCUT2D eigenvalue weighted by Gasteiger charge is -2.10. The Morgan fingerprint density at radius 1 is 1.29 bits per heavy atom. The van der Waals surface area contributed by atoms with Crippen LogP contribution in [0.3, 0.4) is 0 Å². The molecule has 7 nitrogen and oxygen atoms in total. The number of hydrogen-bond acceptors (Lipinski definition) is 5. The van der Waals surface area contributed by atoms with E-state index in [1.807, 2.05) is 6.92 Å². The average molecular weight is 284 g/mol. The van der Waals surface area contributed by atoms with Crippen molar-refractivity contribution < 1.29 is 14.6 Å². The van der Waals surface area contributed by atoms with E-state index in [1.165, 1.54) is 16.9 Å². The Morgan fingerprint density at radius 2 is 2.10 bits per heavy atom. The van der Waals surface area contributed by atoms with E-state index in [0.717, 1.165) is 11.3 Å². The van der Waals surface area contributed by atoms with Gasteiger partial charge in [-0.05, 0) is 37.6 Å². The maximum Gasteiger partial charge on any atom is 0.335 e. The van der Waals surface area contributed by atoms with Crippen LogP contribution >= 0.6 is 0 Å². The summed E-state index contributed by atoms with van der Waals surface area (Å²) in [6.45, 7) is 3.62. The van der Waals surface area contributed by atoms with Crippen molar-refractivity contribution in [3.63, 3.8) is 0 Å². The number of ether oxygens (including phenoxy) is 1. The molecule has 21 heavy (non-hydrogen) atoms. The third kappa shape index (κ3) is 2.40. The second-order valence-electron chi connectivity index (χ2n) is 4.60. The first-order valence-corrected chi connectivity index (χ1v) is 6.24. The number of aryl methyl sites for hydroxylation is 2. The number of aromatic nitrogens is 4. The van der Waals surface area contributed by atoms with E-state index in [-0.39, 0.29) is 5.56 Å². The molecule has 0 amide bonds. The SMILES string of the molecule is Cc1cc(Oc2ccc(C(=O)O)cc2C)n2ncnc2n1. The molecule has 3 aromatic rings. The fourth-order valence-electron chi connectivity index (χ4n) is 1.98. The normalized spacial score (nSPS) is 10.8. The van der Waals surface area contributed by atoms with Crippen LogP contribution in [0.5, 0.6) is 11.6 Å². The third-order valence-electron chi connectivity index (χ3n) is 2.98. The molecule has 0 aliphatic heterocycles. The number of rotatable bonds is 3. The van der Waals surface area contributed by atoms with Gasteiger partial charge in [-0.25, -0.2) is 9.78 Å². The minimum absolute atomic E-state index is 0.219. The third-order valence-corrected chi connectivity index (χ3v) is 2.98. The predicted octanol–water partition coefficient (Wildman–Crippen LogP) is 2.23. The maximum atomic E-state index is 10.9. The fraction of sp³-hybridized carbons (Fsp3) is 0.143. The van der Waals surface area contributed by atoms with Gasteiger partial charge in [0.25, 0.3) is 5.78 Å². The molecule has 1 N–H and O–H groups in total. The van der Waals surface area contributed by atoms with E-state index in [0.29, 0.717) is 17.4 Å². The lowest BCUT2D eigenvalue weighted by Crippen LogP contribution is -2.01. The molecule has 2 heterocycles. The summed E-state index contributed by atoms with van der Waals surface area (Å²) in [5.41, 5.74) is 1.69. The Balaban J connectivity index is 2.02. The van der Waals surface area contributed by atoms with Crippen LogP contribution in [-0.4, -0.2) is 30.7 Å². The lowest BCUT2D eigenvalue weighted by atomic mass is 10.1. The van der Waals surface area contributed by atoms with Gasteiger partial charge in [-0.2, -0.15) is 14.6 Å². The molecule has 0 aliphatic rings. The molecule has 2 aromatic heterocycles. The van der Waals surface area contributed by atoms with Crippen molar-refractivity contribution in [2.75, 3.05) is 0 Å². The van der Waals surface area contributed by atoms with E-state index < -0.39 is 5.97 Å². The number of benzene rings is 1. The van der Waals surface area contributed by atoms with Crippen LogP contribution < -0.4 is 4.74 Å². The Hall–Kier alpha value is -2.96. The summed E-state index contributed by atoms with van der Waals surface area (Å²) in [5.74, 6) is 0.511. The zero-order valence-corrected chi connectivity index (χ0v) is 11.4. The Morgan fingerprint density at radius 3 is 2.81 bits per heavy atom. The van der Waals surface area contributed by atoms with Crippen molar-refractivity contribution in [1.82, 2.24) is 19.6 Å². The van der Waals surface area contributed by atoms with Crippen molar-refractivity contribution >= 4 is 11.7 Å². The zero-order chi connectivity index (χ0) is 15.0. The average Bonchev–Trinajstić information content (AvgIpc) is 2.88. The highest BCUT2D eigenvalue weighted by molar-refractivity contribution is 5.88. The van der Waals surface area contributed by atoms with E-state index >= 15 is 0 Å². The van der Waals surface area contributed by atoms with Crippen molar-refractivity contribution in [3.8, 4) is 11.6 Å². The van der Waals surface area contributed by atoms with Crippen molar-refractivity contribution in [2.24, 2.45) is 0 Å². The number of hydrogen-bond donors (Lipinski definition) is 1. The van der Waals surface area contributed by atoms with Gasteiger partial charge in [0.15, 0.2) is 0 Å². The number of carbonyl (C=O) groups is 1. The minimum atomic E-state index is -0.969. The molecule has 1 aromatic carbocycles. The number of carboxylic acid groups (broad SMARTS) is 1. The van der Waals surface area contributed by atoms with E-state index in [4.69, 9.17) is 9.84 Å². The molecule has 0 bridgehead atoms. The molecule has 7 heteroatoms. The van der Waals surface area contributed by atoms with Gasteiger partial charge in [0.1, 0.15) is 12.1 Å². The van der Waals surface area contributed by atoms with E-state index in [2.05, 4.69) is 15.1 Å². The highest BCUT2D eigenvalue weighted by atomic mass is 16.5. The summed E-state index contributed by atoms with van der Waals surface area (Å²) in [4.78, 5) is 19.2. The van der Waals surface area contributed by atoms with E-state index in [9.17, 15) is 4.79 Å². The Bertz CT molecular complexity index is 841. The monoisotopic (exact) mass is 284 g/mol. The largest absolute Gasteiger partial charge is 0.478 e. The maximum absolute atomic E-state index is 10.9. The Labute approximate surface area is 119 Å². The summed E-state index contributed by atoms with van der Waals surface area (Å²) in [6.07, 6.45) is 1.40. The van der Waals surface area contributed by atoms with Crippen LogP contribution in [0.1, 0.15) is 21.6 Å². The van der Waals surface area contributed by atoms with Crippen LogP contribution in [0.15, 0.2) is 30.6 Å². The molecule has 0 saturated heterocycles. The molecule has 0 radical (unpaired) electrons. The van der Waals surface area contributed by atoms with E-state index in [1.54, 1.807) is 25.1 Å². The van der Waals surface area contributed by atoms with Crippen molar-refractivity contribution in [3.05, 3.63) is 47.4 Å². The standard InChI is InChI=1S/C14H12N4O3/c1-8-5-10(13(19)20)3-4-11(8)21-12-6-9(2)17-14-15-7-16-18(12)14/h3-7H,1-2H3,(H,19,20). The molecule has 106 valence electrons. The van der Waals surface area contributed by atoms with Crippen LogP contribution in [0.25, 0.3) is 5.78 Å². The summed E-state index contributed by atoms with van der Waals surface area (Å²) in [6, 6.07) is 6.42. The number of aromatic carboxylic acids is 1. The van der Waals surface area contributed by atoms with Crippen LogP contribution in [0.4, 0.5) is 0 Å². The van der Waals surface area contributed by atoms with Crippen molar-refractivity contribution in [2.45, 2.75) is 13.8 Å². The topological polar surface area (TPSA) is 89.6 Å². The van der Waals surface area contributed by atoms with Gasteiger partial charge in [0.2, 0.25) is 5.88 Å². The fourth-order valence-corrected chi connectivity index (χ4v) is 1.98. The first-order chi connectivity index (χ1) is 10.0. The highest BCUT2D eigenvalue weighted by Crippen LogP contribution is 2.26. The Kier molecular flexibility index (Phi) is 3.02. The lowest BCUT2D eigenvalue weighted by molar-refractivity contribution is 0.0697. The number of carboxylic acids is 1. The van der Waals surface area contributed by atoms with Gasteiger partial charge >= 0.3 is 5.97 Å². The summed E-state index contributed by atoms with van der Waals surface area (Å²) in [7, 11) is 0. The highest BCUT2D eigenvalue weighted by Gasteiger charge is 2.11. The second-order valence-corrected chi connectivity index (χ2v) is 4.60. The summed E-state index contributed by atoms with van der Waals surface area (Å²) < 4.78 is 7.31. The van der Waals surface area contributed by atoms with Gasteiger partial charge in [0, 0.05) is 11.8 Å². The first-order valence-electron chi connectivity index (χ1n) is 6.24. The van der Waals surface area contributed by atoms with Crippen LogP contribution in [-0.2, 0) is 0 Å². The quantitative estimate of drug-likeness (QED) is 0.793. The molecule has 3 rings (SSSR count). The van der Waals surface area contributed by atoms with Crippen LogP contribution in [0, 0.1) is 13.8 Å². The van der Waals surface area contributed by atoms with Gasteiger partial charge < -0.3 is 9.84 Å². The van der Waals surface area contributed by atoms with Gasteiger partial charge in [-0.1, -0.05) is 0 Å². The summed E-state index contributed by atoms with van der Waals surface area (Å²) >= 11 is 0. The zero-order valence-electron chi connectivity index (χ0n) is 11.4. The molecule has 0 fully saturated rings. The molecular weight excluding hydrogens is 272 g/mol. The first kappa shape index (κ1) is 13.0. The molecule has 0 aliphatic carbocycles. The molecule has 0 saturated carbocycles. The molecular formula is C14H12N4O3. The molecule has 0 atom stereocenters. The molecule has 0 spiro atoms. The van der Waals surface area contributed by atoms with Gasteiger partial charge in [-0.3, -0.25) is 0 Å².